The second kappa shape index (κ2) is 15.6. The van der Waals surface area contributed by atoms with Crippen LogP contribution in [-0.4, -0.2) is 0 Å². The van der Waals surface area contributed by atoms with Gasteiger partial charge in [-0.15, -0.1) is 0 Å². The Labute approximate surface area is 398 Å². The first-order valence-electron chi connectivity index (χ1n) is 23.8. The first-order valence-corrected chi connectivity index (χ1v) is 23.8. The van der Waals surface area contributed by atoms with Crippen LogP contribution in [0.25, 0.3) is 43.8 Å². The monoisotopic (exact) mass is 868 g/mol. The Hall–Kier alpha value is -8.46. The summed E-state index contributed by atoms with van der Waals surface area (Å²) in [4.78, 5) is 5.07. The summed E-state index contributed by atoms with van der Waals surface area (Å²) >= 11 is 0. The lowest BCUT2D eigenvalue weighted by molar-refractivity contribution is 0.658. The predicted molar refractivity (Wildman–Crippen MR) is 286 cm³/mol. The van der Waals surface area contributed by atoms with Gasteiger partial charge in [-0.05, 0) is 115 Å². The van der Waals surface area contributed by atoms with Gasteiger partial charge in [0.05, 0.1) is 28.2 Å². The van der Waals surface area contributed by atoms with Crippen LogP contribution >= 0.6 is 0 Å². The second-order valence-corrected chi connectivity index (χ2v) is 18.8. The molecule has 0 aromatic heterocycles. The average Bonchev–Trinajstić information content (AvgIpc) is 3.59. The molecule has 0 amide bonds. The fraction of sp³-hybridized carbons (Fsp3) is 0.0606. The zero-order valence-corrected chi connectivity index (χ0v) is 38.1. The number of benzene rings is 11. The summed E-state index contributed by atoms with van der Waals surface area (Å²) in [7, 11) is 0. The zero-order chi connectivity index (χ0) is 45.4. The average molecular weight is 869 g/mol. The van der Waals surface area contributed by atoms with Crippen molar-refractivity contribution in [2.24, 2.45) is 0 Å². The lowest BCUT2D eigenvalue weighted by Crippen LogP contribution is -2.32. The Morgan fingerprint density at radius 2 is 0.721 bits per heavy atom. The van der Waals surface area contributed by atoms with Gasteiger partial charge in [-0.2, -0.15) is 0 Å². The van der Waals surface area contributed by atoms with Crippen molar-refractivity contribution < 1.29 is 0 Å². The lowest BCUT2D eigenvalue weighted by Gasteiger charge is -2.40. The lowest BCUT2D eigenvalue weighted by atomic mass is 9.63. The molecule has 0 aliphatic heterocycles. The molecule has 68 heavy (non-hydrogen) atoms. The van der Waals surface area contributed by atoms with Crippen LogP contribution in [0, 0.1) is 0 Å². The van der Waals surface area contributed by atoms with Crippen LogP contribution in [0.15, 0.2) is 255 Å². The third-order valence-corrected chi connectivity index (χ3v) is 14.8. The van der Waals surface area contributed by atoms with Crippen molar-refractivity contribution in [3.8, 4) is 22.3 Å². The summed E-state index contributed by atoms with van der Waals surface area (Å²) < 4.78 is 0. The third-order valence-electron chi connectivity index (χ3n) is 14.8. The largest absolute Gasteiger partial charge is 0.310 e. The highest BCUT2D eigenvalue weighted by atomic mass is 15.2. The van der Waals surface area contributed by atoms with Crippen molar-refractivity contribution in [3.05, 3.63) is 288 Å². The molecule has 0 heterocycles. The molecule has 11 aromatic rings. The molecule has 0 atom stereocenters. The van der Waals surface area contributed by atoms with Gasteiger partial charge in [0.25, 0.3) is 0 Å². The van der Waals surface area contributed by atoms with E-state index in [0.29, 0.717) is 0 Å². The van der Waals surface area contributed by atoms with E-state index in [1.54, 1.807) is 0 Å². The van der Waals surface area contributed by atoms with E-state index in [0.717, 1.165) is 22.7 Å². The number of para-hydroxylation sites is 2. The van der Waals surface area contributed by atoms with Crippen molar-refractivity contribution in [3.63, 3.8) is 0 Å². The summed E-state index contributed by atoms with van der Waals surface area (Å²) in [5, 5.41) is 4.83. The Morgan fingerprint density at radius 3 is 1.26 bits per heavy atom. The minimum Gasteiger partial charge on any atom is -0.310 e. The van der Waals surface area contributed by atoms with Gasteiger partial charge in [-0.3, -0.25) is 0 Å². The first-order chi connectivity index (χ1) is 33.5. The molecular weight excluding hydrogens is 821 g/mol. The second-order valence-electron chi connectivity index (χ2n) is 18.8. The molecule has 0 bridgehead atoms. The molecule has 0 fully saturated rings. The van der Waals surface area contributed by atoms with E-state index in [9.17, 15) is 0 Å². The summed E-state index contributed by atoms with van der Waals surface area (Å²) in [5.74, 6) is 0. The molecule has 2 aliphatic carbocycles. The molecule has 322 valence electrons. The van der Waals surface area contributed by atoms with Crippen LogP contribution in [0.4, 0.5) is 34.1 Å². The van der Waals surface area contributed by atoms with Crippen molar-refractivity contribution in [1.82, 2.24) is 0 Å². The highest BCUT2D eigenvalue weighted by molar-refractivity contribution is 6.08. The highest BCUT2D eigenvalue weighted by Gasteiger charge is 2.51. The van der Waals surface area contributed by atoms with Gasteiger partial charge in [-0.1, -0.05) is 220 Å². The molecule has 0 saturated heterocycles. The molecule has 0 spiro atoms. The number of hydrogen-bond donors (Lipinski definition) is 0. The molecule has 2 heteroatoms. The minimum absolute atomic E-state index is 0.526. The van der Waals surface area contributed by atoms with Crippen LogP contribution in [-0.2, 0) is 10.8 Å². The highest BCUT2D eigenvalue weighted by Crippen LogP contribution is 2.66. The van der Waals surface area contributed by atoms with E-state index < -0.39 is 10.8 Å². The summed E-state index contributed by atoms with van der Waals surface area (Å²) in [6.45, 7) is 4.97. The van der Waals surface area contributed by atoms with E-state index in [1.165, 1.54) is 88.6 Å². The summed E-state index contributed by atoms with van der Waals surface area (Å²) in [6, 6.07) is 94.5. The molecule has 2 aliphatic rings. The SMILES string of the molecule is CC1(C)c2c(N(c3ccccc3)c3cccc4ccccc34)ccc3c2-c2c(ccc(N(c4ccccc4)c4cccc5ccccc45)c21)C(c1ccccc1)(c1ccccc1)c1ccccc1-3. The minimum atomic E-state index is -0.676. The smallest absolute Gasteiger partial charge is 0.0713 e. The number of nitrogens with zero attached hydrogens (tertiary/aromatic N) is 2. The molecule has 0 N–H and O–H groups in total. The Morgan fingerprint density at radius 1 is 0.294 bits per heavy atom. The number of fused-ring (bicyclic) bond motifs is 4. The normalized spacial score (nSPS) is 13.7. The molecule has 2 nitrogen and oxygen atoms in total. The standard InChI is InChI=1S/C66H48N2/c1-65(2)63-59(67(49-31-11-5-12-32-49)57-39-21-25-45-23-15-17-35-51(45)57)43-41-54-53-37-19-20-38-55(53)66(47-27-7-3-8-28-47,48-29-9-4-10-30-48)56-42-44-60(64(65)62(56)61(54)63)68(50-33-13-6-14-34-50)58-40-22-26-46-24-16-18-36-52(46)58/h3-44H,1-2H3. The van der Waals surface area contributed by atoms with Gasteiger partial charge in [0.2, 0.25) is 0 Å². The Bertz CT molecular complexity index is 3660. The predicted octanol–water partition coefficient (Wildman–Crippen LogP) is 17.6. The van der Waals surface area contributed by atoms with Gasteiger partial charge in [0, 0.05) is 27.6 Å². The summed E-state index contributed by atoms with van der Waals surface area (Å²) in [6.07, 6.45) is 0. The molecule has 0 radical (unpaired) electrons. The van der Waals surface area contributed by atoms with Gasteiger partial charge >= 0.3 is 0 Å². The molecule has 11 aromatic carbocycles. The van der Waals surface area contributed by atoms with Crippen LogP contribution in [0.2, 0.25) is 0 Å². The maximum absolute atomic E-state index is 2.54. The van der Waals surface area contributed by atoms with Gasteiger partial charge in [0.15, 0.2) is 0 Å². The topological polar surface area (TPSA) is 6.48 Å². The van der Waals surface area contributed by atoms with Crippen LogP contribution in [0.3, 0.4) is 0 Å². The van der Waals surface area contributed by atoms with Gasteiger partial charge in [-0.25, -0.2) is 0 Å². The zero-order valence-electron chi connectivity index (χ0n) is 38.1. The number of hydrogen-bond acceptors (Lipinski definition) is 2. The maximum atomic E-state index is 2.54. The number of rotatable bonds is 8. The first kappa shape index (κ1) is 39.9. The van der Waals surface area contributed by atoms with Crippen molar-refractivity contribution >= 4 is 55.7 Å². The van der Waals surface area contributed by atoms with E-state index in [-0.39, 0.29) is 0 Å². The van der Waals surface area contributed by atoms with Crippen LogP contribution in [0.5, 0.6) is 0 Å². The van der Waals surface area contributed by atoms with E-state index in [1.807, 2.05) is 0 Å². The van der Waals surface area contributed by atoms with E-state index in [2.05, 4.69) is 278 Å². The van der Waals surface area contributed by atoms with Crippen LogP contribution < -0.4 is 9.80 Å². The summed E-state index contributed by atoms with van der Waals surface area (Å²) in [5.41, 5.74) is 18.4. The van der Waals surface area contributed by atoms with Crippen molar-refractivity contribution in [2.75, 3.05) is 9.80 Å². The molecule has 0 unspecified atom stereocenters. The third kappa shape index (κ3) is 5.77. The van der Waals surface area contributed by atoms with Gasteiger partial charge in [0.1, 0.15) is 0 Å². The van der Waals surface area contributed by atoms with Crippen molar-refractivity contribution in [1.29, 1.82) is 0 Å². The van der Waals surface area contributed by atoms with Crippen LogP contribution in [0.1, 0.15) is 47.2 Å². The quantitative estimate of drug-likeness (QED) is 0.150. The van der Waals surface area contributed by atoms with E-state index >= 15 is 0 Å². The fourth-order valence-electron chi connectivity index (χ4n) is 12.1. The molecule has 13 rings (SSSR count). The fourth-order valence-corrected chi connectivity index (χ4v) is 12.1. The number of anilines is 6. The maximum Gasteiger partial charge on any atom is 0.0713 e. The Kier molecular flexibility index (Phi) is 9.13. The Balaban J connectivity index is 1.23. The molecular formula is C66H48N2. The van der Waals surface area contributed by atoms with Gasteiger partial charge < -0.3 is 9.80 Å². The van der Waals surface area contributed by atoms with E-state index in [4.69, 9.17) is 0 Å². The molecule has 0 saturated carbocycles. The van der Waals surface area contributed by atoms with Crippen molar-refractivity contribution in [2.45, 2.75) is 24.7 Å².